The van der Waals surface area contributed by atoms with E-state index in [-0.39, 0.29) is 11.7 Å². The van der Waals surface area contributed by atoms with E-state index in [1.54, 1.807) is 23.1 Å². The van der Waals surface area contributed by atoms with E-state index in [1.807, 2.05) is 30.3 Å². The largest absolute Gasteiger partial charge is 0.318 e. The van der Waals surface area contributed by atoms with Crippen LogP contribution in [0.15, 0.2) is 54.6 Å². The number of rotatable bonds is 2. The number of hydrogen-bond donors (Lipinski definition) is 1. The number of carbonyl (C=O) groups is 1. The van der Waals surface area contributed by atoms with Gasteiger partial charge in [0, 0.05) is 11.3 Å². The molecule has 1 aliphatic rings. The van der Waals surface area contributed by atoms with Crippen LogP contribution in [0.2, 0.25) is 0 Å². The summed E-state index contributed by atoms with van der Waals surface area (Å²) in [6, 6.07) is 14.5. The summed E-state index contributed by atoms with van der Waals surface area (Å²) in [5.74, 6) is -0.518. The Labute approximate surface area is 110 Å². The van der Waals surface area contributed by atoms with Crippen molar-refractivity contribution >= 4 is 11.6 Å². The lowest BCUT2D eigenvalue weighted by Crippen LogP contribution is -2.63. The predicted molar refractivity (Wildman–Crippen MR) is 71.0 cm³/mol. The molecule has 19 heavy (non-hydrogen) atoms. The first-order chi connectivity index (χ1) is 9.20. The van der Waals surface area contributed by atoms with Crippen molar-refractivity contribution < 1.29 is 9.18 Å². The molecule has 1 amide bonds. The third-order valence-corrected chi connectivity index (χ3v) is 3.40. The number of β-lactam (4-membered cyclic amide) rings is 1. The fourth-order valence-electron chi connectivity index (χ4n) is 2.44. The van der Waals surface area contributed by atoms with Crippen molar-refractivity contribution in [3.63, 3.8) is 0 Å². The minimum absolute atomic E-state index is 0.181. The molecular formula is C15H13FN2O. The van der Waals surface area contributed by atoms with Crippen molar-refractivity contribution in [3.8, 4) is 0 Å². The van der Waals surface area contributed by atoms with Gasteiger partial charge < -0.3 is 10.6 Å². The first kappa shape index (κ1) is 11.9. The second-order valence-electron chi connectivity index (χ2n) is 4.54. The number of nitrogens with two attached hydrogens (primary N) is 1. The molecule has 0 aromatic heterocycles. The van der Waals surface area contributed by atoms with Crippen LogP contribution >= 0.6 is 0 Å². The molecule has 0 unspecified atom stereocenters. The van der Waals surface area contributed by atoms with Gasteiger partial charge in [-0.25, -0.2) is 4.39 Å². The summed E-state index contributed by atoms with van der Waals surface area (Å²) in [5.41, 5.74) is 7.03. The van der Waals surface area contributed by atoms with Gasteiger partial charge in [-0.15, -0.1) is 0 Å². The van der Waals surface area contributed by atoms with Gasteiger partial charge in [0.05, 0.1) is 6.04 Å². The molecule has 3 rings (SSSR count). The minimum atomic E-state index is -0.683. The maximum atomic E-state index is 13.9. The van der Waals surface area contributed by atoms with E-state index in [0.717, 1.165) is 5.69 Å². The molecule has 3 nitrogen and oxygen atoms in total. The average molecular weight is 256 g/mol. The monoisotopic (exact) mass is 256 g/mol. The Balaban J connectivity index is 2.01. The van der Waals surface area contributed by atoms with Gasteiger partial charge in [0.15, 0.2) is 0 Å². The molecule has 0 spiro atoms. The van der Waals surface area contributed by atoms with Crippen molar-refractivity contribution in [2.75, 3.05) is 4.90 Å². The van der Waals surface area contributed by atoms with E-state index in [0.29, 0.717) is 5.56 Å². The normalized spacial score (nSPS) is 22.2. The van der Waals surface area contributed by atoms with Gasteiger partial charge in [-0.05, 0) is 18.2 Å². The molecule has 2 aromatic carbocycles. The third-order valence-electron chi connectivity index (χ3n) is 3.40. The molecule has 0 aliphatic carbocycles. The summed E-state index contributed by atoms with van der Waals surface area (Å²) in [7, 11) is 0. The number of carbonyl (C=O) groups excluding carboxylic acids is 1. The third kappa shape index (κ3) is 1.81. The maximum absolute atomic E-state index is 13.9. The standard InChI is InChI=1S/C15H13FN2O/c16-12-9-5-4-8-11(12)14-13(17)15(19)18(14)10-6-2-1-3-7-10/h1-9,13-14H,17H2/t13-,14+/m0/s1. The summed E-state index contributed by atoms with van der Waals surface area (Å²) in [4.78, 5) is 13.5. The van der Waals surface area contributed by atoms with Crippen LogP contribution in [0, 0.1) is 5.82 Å². The van der Waals surface area contributed by atoms with Crippen LogP contribution in [-0.2, 0) is 4.79 Å². The molecule has 2 atom stereocenters. The molecule has 1 fully saturated rings. The number of anilines is 1. The van der Waals surface area contributed by atoms with Crippen LogP contribution < -0.4 is 10.6 Å². The molecule has 2 N–H and O–H groups in total. The first-order valence-corrected chi connectivity index (χ1v) is 6.08. The second-order valence-corrected chi connectivity index (χ2v) is 4.54. The summed E-state index contributed by atoms with van der Waals surface area (Å²) in [6.45, 7) is 0. The number of nitrogens with zero attached hydrogens (tertiary/aromatic N) is 1. The Morgan fingerprint density at radius 1 is 1.00 bits per heavy atom. The Morgan fingerprint density at radius 2 is 1.63 bits per heavy atom. The highest BCUT2D eigenvalue weighted by atomic mass is 19.1. The first-order valence-electron chi connectivity index (χ1n) is 6.08. The zero-order chi connectivity index (χ0) is 13.4. The van der Waals surface area contributed by atoms with E-state index in [1.165, 1.54) is 6.07 Å². The molecule has 0 bridgehead atoms. The van der Waals surface area contributed by atoms with Crippen LogP contribution in [0.3, 0.4) is 0 Å². The SMILES string of the molecule is N[C@@H]1C(=O)N(c2ccccc2)[C@@H]1c1ccccc1F. The topological polar surface area (TPSA) is 46.3 Å². The van der Waals surface area contributed by atoms with Gasteiger partial charge in [0.25, 0.3) is 0 Å². The minimum Gasteiger partial charge on any atom is -0.318 e. The molecular weight excluding hydrogens is 243 g/mol. The quantitative estimate of drug-likeness (QED) is 0.838. The zero-order valence-corrected chi connectivity index (χ0v) is 10.2. The van der Waals surface area contributed by atoms with Crippen molar-refractivity contribution in [1.29, 1.82) is 0 Å². The number of hydrogen-bond acceptors (Lipinski definition) is 2. The summed E-state index contributed by atoms with van der Waals surface area (Å²) in [6.07, 6.45) is 0. The van der Waals surface area contributed by atoms with Gasteiger partial charge in [0.1, 0.15) is 11.9 Å². The van der Waals surface area contributed by atoms with Crippen LogP contribution in [0.5, 0.6) is 0 Å². The Kier molecular flexibility index (Phi) is 2.80. The van der Waals surface area contributed by atoms with E-state index in [4.69, 9.17) is 5.73 Å². The molecule has 1 saturated heterocycles. The smallest absolute Gasteiger partial charge is 0.247 e. The van der Waals surface area contributed by atoms with Gasteiger partial charge in [0.2, 0.25) is 5.91 Å². The Morgan fingerprint density at radius 3 is 2.32 bits per heavy atom. The lowest BCUT2D eigenvalue weighted by molar-refractivity contribution is -0.126. The van der Waals surface area contributed by atoms with Gasteiger partial charge in [-0.3, -0.25) is 4.79 Å². The highest BCUT2D eigenvalue weighted by Gasteiger charge is 2.47. The lowest BCUT2D eigenvalue weighted by atomic mass is 9.88. The van der Waals surface area contributed by atoms with Crippen molar-refractivity contribution in [3.05, 3.63) is 66.0 Å². The van der Waals surface area contributed by atoms with E-state index >= 15 is 0 Å². The van der Waals surface area contributed by atoms with Gasteiger partial charge >= 0.3 is 0 Å². The highest BCUT2D eigenvalue weighted by molar-refractivity contribution is 6.05. The van der Waals surface area contributed by atoms with Crippen LogP contribution in [0.25, 0.3) is 0 Å². The van der Waals surface area contributed by atoms with Crippen LogP contribution in [0.4, 0.5) is 10.1 Å². The molecule has 2 aromatic rings. The summed E-state index contributed by atoms with van der Waals surface area (Å²) in [5, 5.41) is 0. The molecule has 1 aliphatic heterocycles. The second kappa shape index (κ2) is 4.48. The van der Waals surface area contributed by atoms with Crippen LogP contribution in [0.1, 0.15) is 11.6 Å². The Hall–Kier alpha value is -2.20. The van der Waals surface area contributed by atoms with Gasteiger partial charge in [-0.1, -0.05) is 36.4 Å². The number of halogens is 1. The molecule has 4 heteroatoms. The number of benzene rings is 2. The van der Waals surface area contributed by atoms with E-state index in [9.17, 15) is 9.18 Å². The fraction of sp³-hybridized carbons (Fsp3) is 0.133. The fourth-order valence-corrected chi connectivity index (χ4v) is 2.44. The maximum Gasteiger partial charge on any atom is 0.247 e. The van der Waals surface area contributed by atoms with E-state index < -0.39 is 12.1 Å². The molecule has 0 saturated carbocycles. The summed E-state index contributed by atoms with van der Waals surface area (Å²) < 4.78 is 13.9. The molecule has 0 radical (unpaired) electrons. The van der Waals surface area contributed by atoms with Crippen molar-refractivity contribution in [2.45, 2.75) is 12.1 Å². The zero-order valence-electron chi connectivity index (χ0n) is 10.2. The van der Waals surface area contributed by atoms with Crippen molar-refractivity contribution in [2.24, 2.45) is 5.73 Å². The highest BCUT2D eigenvalue weighted by Crippen LogP contribution is 2.38. The number of amides is 1. The lowest BCUT2D eigenvalue weighted by Gasteiger charge is -2.45. The van der Waals surface area contributed by atoms with Gasteiger partial charge in [-0.2, -0.15) is 0 Å². The summed E-state index contributed by atoms with van der Waals surface area (Å²) >= 11 is 0. The Bertz CT molecular complexity index is 615. The molecule has 96 valence electrons. The predicted octanol–water partition coefficient (Wildman–Crippen LogP) is 2.24. The number of para-hydroxylation sites is 1. The van der Waals surface area contributed by atoms with Crippen LogP contribution in [-0.4, -0.2) is 11.9 Å². The van der Waals surface area contributed by atoms with E-state index in [2.05, 4.69) is 0 Å². The van der Waals surface area contributed by atoms with Crippen molar-refractivity contribution in [1.82, 2.24) is 0 Å². The average Bonchev–Trinajstić information content (AvgIpc) is 2.46. The molecule has 1 heterocycles.